The van der Waals surface area contributed by atoms with Crippen molar-refractivity contribution in [1.82, 2.24) is 5.32 Å². The minimum Gasteiger partial charge on any atom is -0.457 e. The summed E-state index contributed by atoms with van der Waals surface area (Å²) in [6, 6.07) is 17.5. The van der Waals surface area contributed by atoms with Crippen LogP contribution in [0.3, 0.4) is 0 Å². The van der Waals surface area contributed by atoms with Gasteiger partial charge < -0.3 is 15.2 Å². The van der Waals surface area contributed by atoms with Crippen LogP contribution in [0.2, 0.25) is 0 Å². The van der Waals surface area contributed by atoms with Crippen molar-refractivity contribution in [2.75, 3.05) is 6.54 Å². The van der Waals surface area contributed by atoms with Gasteiger partial charge in [-0.25, -0.2) is 0 Å². The summed E-state index contributed by atoms with van der Waals surface area (Å²) in [5.74, 6) is 1.52. The first-order valence-corrected chi connectivity index (χ1v) is 6.89. The molecule has 0 aliphatic carbocycles. The van der Waals surface area contributed by atoms with Crippen LogP contribution >= 0.6 is 0 Å². The maximum absolute atomic E-state index is 10.1. The van der Waals surface area contributed by atoms with Crippen LogP contribution in [-0.2, 0) is 0 Å². The Balaban J connectivity index is 2.04. The normalized spacial score (nSPS) is 12.4. The molecule has 2 rings (SSSR count). The second kappa shape index (κ2) is 7.08. The van der Waals surface area contributed by atoms with E-state index < -0.39 is 6.10 Å². The van der Waals surface area contributed by atoms with E-state index in [1.807, 2.05) is 54.6 Å². The predicted octanol–water partition coefficient (Wildman–Crippen LogP) is 3.51. The van der Waals surface area contributed by atoms with Crippen LogP contribution < -0.4 is 10.1 Å². The van der Waals surface area contributed by atoms with Gasteiger partial charge in [-0.15, -0.1) is 0 Å². The molecule has 0 aliphatic rings. The van der Waals surface area contributed by atoms with Crippen LogP contribution in [0.25, 0.3) is 0 Å². The molecule has 2 aromatic carbocycles. The highest BCUT2D eigenvalue weighted by Gasteiger charge is 2.09. The number of hydrogen-bond acceptors (Lipinski definition) is 3. The molecule has 0 spiro atoms. The Morgan fingerprint density at radius 2 is 1.70 bits per heavy atom. The Morgan fingerprint density at radius 1 is 1.00 bits per heavy atom. The van der Waals surface area contributed by atoms with Gasteiger partial charge >= 0.3 is 0 Å². The molecular weight excluding hydrogens is 250 g/mol. The van der Waals surface area contributed by atoms with Crippen molar-refractivity contribution in [3.05, 3.63) is 60.2 Å². The van der Waals surface area contributed by atoms with Gasteiger partial charge in [0.15, 0.2) is 0 Å². The third kappa shape index (κ3) is 4.37. The molecule has 0 aromatic heterocycles. The number of rotatable bonds is 6. The summed E-state index contributed by atoms with van der Waals surface area (Å²) < 4.78 is 5.76. The molecule has 3 nitrogen and oxygen atoms in total. The third-order valence-electron chi connectivity index (χ3n) is 2.94. The molecule has 0 heterocycles. The van der Waals surface area contributed by atoms with Crippen LogP contribution in [0, 0.1) is 0 Å². The summed E-state index contributed by atoms with van der Waals surface area (Å²) in [6.07, 6.45) is -0.531. The average molecular weight is 271 g/mol. The molecule has 20 heavy (non-hydrogen) atoms. The SMILES string of the molecule is CC(C)NCC(O)c1cccc(Oc2ccccc2)c1. The molecule has 2 N–H and O–H groups in total. The van der Waals surface area contributed by atoms with Gasteiger partial charge in [-0.1, -0.05) is 44.2 Å². The lowest BCUT2D eigenvalue weighted by atomic mass is 10.1. The Morgan fingerprint density at radius 3 is 2.40 bits per heavy atom. The molecule has 0 saturated heterocycles. The van der Waals surface area contributed by atoms with E-state index in [9.17, 15) is 5.11 Å². The van der Waals surface area contributed by atoms with Crippen molar-refractivity contribution in [3.8, 4) is 11.5 Å². The monoisotopic (exact) mass is 271 g/mol. The fourth-order valence-electron chi connectivity index (χ4n) is 1.88. The maximum Gasteiger partial charge on any atom is 0.127 e. The molecule has 0 amide bonds. The van der Waals surface area contributed by atoms with E-state index in [1.165, 1.54) is 0 Å². The van der Waals surface area contributed by atoms with E-state index in [2.05, 4.69) is 19.2 Å². The largest absolute Gasteiger partial charge is 0.457 e. The molecule has 1 atom stereocenters. The standard InChI is InChI=1S/C17H21NO2/c1-13(2)18-12-17(19)14-7-6-10-16(11-14)20-15-8-4-3-5-9-15/h3-11,13,17-19H,12H2,1-2H3. The van der Waals surface area contributed by atoms with E-state index in [4.69, 9.17) is 4.74 Å². The molecule has 0 aliphatic heterocycles. The number of aliphatic hydroxyl groups excluding tert-OH is 1. The molecule has 0 saturated carbocycles. The minimum atomic E-state index is -0.531. The number of benzene rings is 2. The highest BCUT2D eigenvalue weighted by Crippen LogP contribution is 2.24. The molecule has 2 aromatic rings. The van der Waals surface area contributed by atoms with E-state index in [-0.39, 0.29) is 0 Å². The molecule has 0 bridgehead atoms. The van der Waals surface area contributed by atoms with Gasteiger partial charge in [-0.2, -0.15) is 0 Å². The number of nitrogens with one attached hydrogen (secondary N) is 1. The summed E-state index contributed by atoms with van der Waals surface area (Å²) in [7, 11) is 0. The van der Waals surface area contributed by atoms with E-state index >= 15 is 0 Å². The highest BCUT2D eigenvalue weighted by molar-refractivity contribution is 5.34. The Bertz CT molecular complexity index is 526. The van der Waals surface area contributed by atoms with E-state index in [1.54, 1.807) is 0 Å². The van der Waals surface area contributed by atoms with Gasteiger partial charge in [0.2, 0.25) is 0 Å². The quantitative estimate of drug-likeness (QED) is 0.844. The fourth-order valence-corrected chi connectivity index (χ4v) is 1.88. The van der Waals surface area contributed by atoms with Gasteiger partial charge in [0.1, 0.15) is 11.5 Å². The predicted molar refractivity (Wildman–Crippen MR) is 81.1 cm³/mol. The van der Waals surface area contributed by atoms with Gasteiger partial charge in [0, 0.05) is 12.6 Å². The van der Waals surface area contributed by atoms with Crippen molar-refractivity contribution in [1.29, 1.82) is 0 Å². The van der Waals surface area contributed by atoms with Crippen LogP contribution in [0.15, 0.2) is 54.6 Å². The molecule has 106 valence electrons. The second-order valence-corrected chi connectivity index (χ2v) is 5.07. The zero-order valence-corrected chi connectivity index (χ0v) is 11.9. The summed E-state index contributed by atoms with van der Waals surface area (Å²) in [5.41, 5.74) is 0.853. The first-order valence-electron chi connectivity index (χ1n) is 6.89. The van der Waals surface area contributed by atoms with Gasteiger partial charge in [0.25, 0.3) is 0 Å². The van der Waals surface area contributed by atoms with Crippen molar-refractivity contribution < 1.29 is 9.84 Å². The first-order chi connectivity index (χ1) is 9.65. The van der Waals surface area contributed by atoms with E-state index in [0.717, 1.165) is 17.1 Å². The van der Waals surface area contributed by atoms with Gasteiger partial charge in [-0.05, 0) is 29.8 Å². The van der Waals surface area contributed by atoms with Crippen molar-refractivity contribution in [2.24, 2.45) is 0 Å². The molecular formula is C17H21NO2. The third-order valence-corrected chi connectivity index (χ3v) is 2.94. The Labute approximate surface area is 120 Å². The van der Waals surface area contributed by atoms with Crippen molar-refractivity contribution in [2.45, 2.75) is 26.0 Å². The van der Waals surface area contributed by atoms with Crippen molar-refractivity contribution in [3.63, 3.8) is 0 Å². The number of para-hydroxylation sites is 1. The zero-order chi connectivity index (χ0) is 14.4. The smallest absolute Gasteiger partial charge is 0.127 e. The van der Waals surface area contributed by atoms with Crippen molar-refractivity contribution >= 4 is 0 Å². The molecule has 1 unspecified atom stereocenters. The molecule has 3 heteroatoms. The van der Waals surface area contributed by atoms with Gasteiger partial charge in [-0.3, -0.25) is 0 Å². The fraction of sp³-hybridized carbons (Fsp3) is 0.294. The molecule has 0 fully saturated rings. The lowest BCUT2D eigenvalue weighted by molar-refractivity contribution is 0.171. The van der Waals surface area contributed by atoms with Crippen LogP contribution in [0.4, 0.5) is 0 Å². The molecule has 0 radical (unpaired) electrons. The van der Waals surface area contributed by atoms with Crippen LogP contribution in [0.5, 0.6) is 11.5 Å². The van der Waals surface area contributed by atoms with Gasteiger partial charge in [0.05, 0.1) is 6.10 Å². The Kier molecular flexibility index (Phi) is 5.16. The minimum absolute atomic E-state index is 0.355. The second-order valence-electron chi connectivity index (χ2n) is 5.07. The Hall–Kier alpha value is -1.84. The summed E-state index contributed by atoms with van der Waals surface area (Å²) in [4.78, 5) is 0. The summed E-state index contributed by atoms with van der Waals surface area (Å²) in [6.45, 7) is 4.65. The zero-order valence-electron chi connectivity index (χ0n) is 11.9. The number of ether oxygens (including phenoxy) is 1. The lowest BCUT2D eigenvalue weighted by Gasteiger charge is -2.15. The average Bonchev–Trinajstić information content (AvgIpc) is 2.46. The lowest BCUT2D eigenvalue weighted by Crippen LogP contribution is -2.27. The number of aliphatic hydroxyl groups is 1. The highest BCUT2D eigenvalue weighted by atomic mass is 16.5. The summed E-state index contributed by atoms with van der Waals surface area (Å²) in [5, 5.41) is 13.4. The first kappa shape index (κ1) is 14.6. The maximum atomic E-state index is 10.1. The number of hydrogen-bond donors (Lipinski definition) is 2. The van der Waals surface area contributed by atoms with E-state index in [0.29, 0.717) is 12.6 Å². The van der Waals surface area contributed by atoms with Crippen LogP contribution in [0.1, 0.15) is 25.5 Å². The topological polar surface area (TPSA) is 41.5 Å². The van der Waals surface area contributed by atoms with Crippen LogP contribution in [-0.4, -0.2) is 17.7 Å². The summed E-state index contributed by atoms with van der Waals surface area (Å²) >= 11 is 0.